The molecule has 24 heavy (non-hydrogen) atoms. The smallest absolute Gasteiger partial charge is 0.258 e. The van der Waals surface area contributed by atoms with Gasteiger partial charge < -0.3 is 10.1 Å². The van der Waals surface area contributed by atoms with Gasteiger partial charge in [-0.25, -0.2) is 9.97 Å². The second-order valence-electron chi connectivity index (χ2n) is 5.47. The normalized spacial score (nSPS) is 17.8. The lowest BCUT2D eigenvalue weighted by molar-refractivity contribution is 0.0252. The van der Waals surface area contributed by atoms with E-state index in [2.05, 4.69) is 20.6 Å². The third-order valence-electron chi connectivity index (χ3n) is 3.89. The summed E-state index contributed by atoms with van der Waals surface area (Å²) >= 11 is 1.39. The number of morpholine rings is 1. The molecular formula is C17H16N4O2S. The van der Waals surface area contributed by atoms with Crippen LogP contribution in [0.3, 0.4) is 0 Å². The lowest BCUT2D eigenvalue weighted by atomic mass is 10.0. The lowest BCUT2D eigenvalue weighted by Gasteiger charge is -2.24. The Hall–Kier alpha value is -2.35. The maximum Gasteiger partial charge on any atom is 0.258 e. The van der Waals surface area contributed by atoms with Crippen molar-refractivity contribution in [3.05, 3.63) is 53.2 Å². The molecule has 0 aliphatic carbocycles. The highest BCUT2D eigenvalue weighted by Crippen LogP contribution is 2.25. The van der Waals surface area contributed by atoms with Crippen molar-refractivity contribution in [2.75, 3.05) is 25.0 Å². The fourth-order valence-electron chi connectivity index (χ4n) is 2.75. The molecule has 1 saturated heterocycles. The number of hydrogen-bond acceptors (Lipinski definition) is 6. The number of aromatic nitrogens is 2. The first kappa shape index (κ1) is 15.2. The van der Waals surface area contributed by atoms with E-state index >= 15 is 0 Å². The zero-order chi connectivity index (χ0) is 16.4. The van der Waals surface area contributed by atoms with E-state index < -0.39 is 0 Å². The van der Waals surface area contributed by atoms with Crippen LogP contribution in [0.25, 0.3) is 10.9 Å². The molecule has 0 spiro atoms. The van der Waals surface area contributed by atoms with Crippen molar-refractivity contribution in [1.29, 1.82) is 0 Å². The van der Waals surface area contributed by atoms with Crippen LogP contribution in [0.2, 0.25) is 0 Å². The highest BCUT2D eigenvalue weighted by atomic mass is 32.1. The number of para-hydroxylation sites is 1. The molecule has 1 atom stereocenters. The summed E-state index contributed by atoms with van der Waals surface area (Å²) in [4.78, 5) is 21.5. The summed E-state index contributed by atoms with van der Waals surface area (Å²) in [5, 5.41) is 9.36. The zero-order valence-corrected chi connectivity index (χ0v) is 13.7. The van der Waals surface area contributed by atoms with Gasteiger partial charge in [-0.1, -0.05) is 18.2 Å². The zero-order valence-electron chi connectivity index (χ0n) is 12.9. The number of thiazole rings is 1. The third kappa shape index (κ3) is 3.01. The summed E-state index contributed by atoms with van der Waals surface area (Å²) in [6.45, 7) is 2.17. The molecule has 1 amide bonds. The molecule has 3 heterocycles. The minimum Gasteiger partial charge on any atom is -0.369 e. The molecule has 0 bridgehead atoms. The number of carbonyl (C=O) groups is 1. The summed E-state index contributed by atoms with van der Waals surface area (Å²) in [6.07, 6.45) is 1.52. The summed E-state index contributed by atoms with van der Waals surface area (Å²) < 4.78 is 5.79. The van der Waals surface area contributed by atoms with Crippen molar-refractivity contribution in [3.8, 4) is 0 Å². The van der Waals surface area contributed by atoms with E-state index in [4.69, 9.17) is 4.74 Å². The Kier molecular flexibility index (Phi) is 4.20. The van der Waals surface area contributed by atoms with Crippen molar-refractivity contribution in [1.82, 2.24) is 15.3 Å². The molecule has 2 N–H and O–H groups in total. The molecule has 0 unspecified atom stereocenters. The van der Waals surface area contributed by atoms with E-state index in [0.717, 1.165) is 23.1 Å². The topological polar surface area (TPSA) is 76.1 Å². The van der Waals surface area contributed by atoms with Crippen LogP contribution in [-0.2, 0) is 4.74 Å². The van der Waals surface area contributed by atoms with Crippen LogP contribution in [0.4, 0.5) is 5.13 Å². The van der Waals surface area contributed by atoms with Crippen LogP contribution in [-0.4, -0.2) is 35.6 Å². The van der Waals surface area contributed by atoms with E-state index in [0.29, 0.717) is 23.8 Å². The van der Waals surface area contributed by atoms with Crippen molar-refractivity contribution in [2.45, 2.75) is 6.10 Å². The Labute approximate surface area is 142 Å². The van der Waals surface area contributed by atoms with Crippen molar-refractivity contribution < 1.29 is 9.53 Å². The quantitative estimate of drug-likeness (QED) is 0.766. The van der Waals surface area contributed by atoms with Crippen molar-refractivity contribution >= 4 is 33.3 Å². The SMILES string of the molecule is O=C(Nc1nccs1)c1cc([C@H]2CNCCO2)nc2ccccc12. The van der Waals surface area contributed by atoms with Crippen LogP contribution in [0.5, 0.6) is 0 Å². The fraction of sp³-hybridized carbons (Fsp3) is 0.235. The monoisotopic (exact) mass is 340 g/mol. The van der Waals surface area contributed by atoms with Crippen LogP contribution < -0.4 is 10.6 Å². The van der Waals surface area contributed by atoms with E-state index in [1.165, 1.54) is 11.3 Å². The highest BCUT2D eigenvalue weighted by molar-refractivity contribution is 7.13. The van der Waals surface area contributed by atoms with Crippen LogP contribution >= 0.6 is 11.3 Å². The van der Waals surface area contributed by atoms with Gasteiger partial charge in [0.25, 0.3) is 5.91 Å². The Morgan fingerprint density at radius 1 is 1.38 bits per heavy atom. The number of anilines is 1. The summed E-state index contributed by atoms with van der Waals surface area (Å²) in [7, 11) is 0. The van der Waals surface area contributed by atoms with Crippen molar-refractivity contribution in [2.24, 2.45) is 0 Å². The second kappa shape index (κ2) is 6.64. The molecule has 3 aromatic rings. The van der Waals surface area contributed by atoms with E-state index in [1.807, 2.05) is 35.7 Å². The minimum atomic E-state index is -0.187. The summed E-state index contributed by atoms with van der Waals surface area (Å²) in [5.74, 6) is -0.187. The van der Waals surface area contributed by atoms with Gasteiger partial charge in [-0.05, 0) is 12.1 Å². The average Bonchev–Trinajstić information content (AvgIpc) is 3.14. The highest BCUT2D eigenvalue weighted by Gasteiger charge is 2.21. The van der Waals surface area contributed by atoms with Gasteiger partial charge in [0.2, 0.25) is 0 Å². The first-order chi connectivity index (χ1) is 11.8. The molecular weight excluding hydrogens is 324 g/mol. The third-order valence-corrected chi connectivity index (χ3v) is 4.58. The standard InChI is InChI=1S/C17H16N4O2S/c22-16(21-17-19-6-8-24-17)12-9-14(15-10-18-5-7-23-15)20-13-4-2-1-3-11(12)13/h1-4,6,8-9,15,18H,5,7,10H2,(H,19,21,22)/t15-/m1/s1. The number of hydrogen-bond donors (Lipinski definition) is 2. The summed E-state index contributed by atoms with van der Waals surface area (Å²) in [6, 6.07) is 9.46. The number of amides is 1. The van der Waals surface area contributed by atoms with Crippen LogP contribution in [0, 0.1) is 0 Å². The molecule has 122 valence electrons. The molecule has 4 rings (SSSR count). The maximum absolute atomic E-state index is 12.7. The number of nitrogens with one attached hydrogen (secondary N) is 2. The molecule has 1 aliphatic rings. The average molecular weight is 340 g/mol. The van der Waals surface area contributed by atoms with Gasteiger partial charge in [0.15, 0.2) is 5.13 Å². The molecule has 0 saturated carbocycles. The number of nitrogens with zero attached hydrogens (tertiary/aromatic N) is 2. The lowest BCUT2D eigenvalue weighted by Crippen LogP contribution is -2.34. The van der Waals surface area contributed by atoms with E-state index in [9.17, 15) is 4.79 Å². The predicted molar refractivity (Wildman–Crippen MR) is 93.4 cm³/mol. The van der Waals surface area contributed by atoms with Gasteiger partial charge in [-0.2, -0.15) is 0 Å². The fourth-order valence-corrected chi connectivity index (χ4v) is 3.28. The largest absolute Gasteiger partial charge is 0.369 e. The van der Waals surface area contributed by atoms with Gasteiger partial charge in [0.05, 0.1) is 23.4 Å². The first-order valence-corrected chi connectivity index (χ1v) is 8.62. The Bertz CT molecular complexity index is 860. The Morgan fingerprint density at radius 2 is 2.29 bits per heavy atom. The number of rotatable bonds is 3. The summed E-state index contributed by atoms with van der Waals surface area (Å²) in [5.41, 5.74) is 2.14. The van der Waals surface area contributed by atoms with Gasteiger partial charge in [0.1, 0.15) is 6.10 Å². The maximum atomic E-state index is 12.7. The molecule has 6 nitrogen and oxygen atoms in total. The molecule has 1 aliphatic heterocycles. The Morgan fingerprint density at radius 3 is 3.08 bits per heavy atom. The number of carbonyl (C=O) groups excluding carboxylic acids is 1. The molecule has 0 radical (unpaired) electrons. The van der Waals surface area contributed by atoms with Gasteiger partial charge in [-0.3, -0.25) is 10.1 Å². The molecule has 2 aromatic heterocycles. The van der Waals surface area contributed by atoms with Gasteiger partial charge in [0, 0.05) is 30.1 Å². The number of ether oxygens (including phenoxy) is 1. The second-order valence-corrected chi connectivity index (χ2v) is 6.36. The number of benzene rings is 1. The van der Waals surface area contributed by atoms with E-state index in [-0.39, 0.29) is 12.0 Å². The first-order valence-electron chi connectivity index (χ1n) is 7.74. The Balaban J connectivity index is 1.75. The number of pyridine rings is 1. The predicted octanol–water partition coefficient (Wildman–Crippen LogP) is 2.60. The van der Waals surface area contributed by atoms with Crippen LogP contribution in [0.15, 0.2) is 41.9 Å². The number of fused-ring (bicyclic) bond motifs is 1. The van der Waals surface area contributed by atoms with Crippen molar-refractivity contribution in [3.63, 3.8) is 0 Å². The van der Waals surface area contributed by atoms with Gasteiger partial charge in [-0.15, -0.1) is 11.3 Å². The minimum absolute atomic E-state index is 0.144. The molecule has 1 fully saturated rings. The van der Waals surface area contributed by atoms with Gasteiger partial charge >= 0.3 is 0 Å². The molecule has 1 aromatic carbocycles. The van der Waals surface area contributed by atoms with Crippen LogP contribution in [0.1, 0.15) is 22.2 Å². The van der Waals surface area contributed by atoms with E-state index in [1.54, 1.807) is 6.20 Å². The molecule has 7 heteroatoms.